The second-order valence-corrected chi connectivity index (χ2v) is 2.16. The first-order valence-corrected chi connectivity index (χ1v) is 3.10. The zero-order valence-corrected chi connectivity index (χ0v) is 6.26. The lowest BCUT2D eigenvalue weighted by Crippen LogP contribution is -1.99. The van der Waals surface area contributed by atoms with Crippen LogP contribution >= 0.6 is 0 Å². The summed E-state index contributed by atoms with van der Waals surface area (Å²) in [6.45, 7) is 4.25. The van der Waals surface area contributed by atoms with Crippen LogP contribution in [0, 0.1) is 5.92 Å². The van der Waals surface area contributed by atoms with Crippen LogP contribution in [-0.2, 0) is 0 Å². The van der Waals surface area contributed by atoms with Gasteiger partial charge in [-0.15, -0.1) is 0 Å². The van der Waals surface area contributed by atoms with Gasteiger partial charge in [0.15, 0.2) is 0 Å². The van der Waals surface area contributed by atoms with Crippen molar-refractivity contribution in [2.75, 3.05) is 7.05 Å². The van der Waals surface area contributed by atoms with Crippen molar-refractivity contribution in [1.82, 2.24) is 5.32 Å². The summed E-state index contributed by atoms with van der Waals surface area (Å²) < 4.78 is 0. The summed E-state index contributed by atoms with van der Waals surface area (Å²) in [4.78, 5) is 3.75. The Labute approximate surface area is 56.7 Å². The van der Waals surface area contributed by atoms with Crippen molar-refractivity contribution in [3.8, 4) is 0 Å². The summed E-state index contributed by atoms with van der Waals surface area (Å²) in [5.41, 5.74) is 0. The van der Waals surface area contributed by atoms with E-state index in [4.69, 9.17) is 0 Å². The Bertz CT molecular complexity index is 103. The number of rotatable bonds is 3. The molecule has 2 heteroatoms. The van der Waals surface area contributed by atoms with Crippen LogP contribution in [0.25, 0.3) is 0 Å². The Balaban J connectivity index is 3.25. The number of allylic oxidation sites excluding steroid dienone is 1. The molecular formula is C7H14N2. The van der Waals surface area contributed by atoms with Gasteiger partial charge in [-0.25, -0.2) is 0 Å². The zero-order valence-electron chi connectivity index (χ0n) is 6.26. The highest BCUT2D eigenvalue weighted by Gasteiger charge is 1.79. The lowest BCUT2D eigenvalue weighted by atomic mass is 10.2. The average Bonchev–Trinajstić information content (AvgIpc) is 1.80. The van der Waals surface area contributed by atoms with E-state index in [1.807, 2.05) is 6.20 Å². The van der Waals surface area contributed by atoms with Crippen LogP contribution in [0.2, 0.25) is 0 Å². The second kappa shape index (κ2) is 5.35. The maximum atomic E-state index is 3.75. The van der Waals surface area contributed by atoms with Crippen molar-refractivity contribution in [3.63, 3.8) is 0 Å². The van der Waals surface area contributed by atoms with Gasteiger partial charge in [-0.2, -0.15) is 0 Å². The molecule has 0 rings (SSSR count). The minimum absolute atomic E-state index is 0.600. The summed E-state index contributed by atoms with van der Waals surface area (Å²) in [7, 11) is 1.73. The third-order valence-corrected chi connectivity index (χ3v) is 0.781. The molecule has 52 valence electrons. The first kappa shape index (κ1) is 8.21. The molecule has 0 spiro atoms. The molecule has 0 aliphatic heterocycles. The molecule has 0 fully saturated rings. The Morgan fingerprint density at radius 2 is 2.11 bits per heavy atom. The number of nitrogens with zero attached hydrogens (tertiary/aromatic N) is 1. The number of hydrogen-bond acceptors (Lipinski definition) is 1. The van der Waals surface area contributed by atoms with Crippen molar-refractivity contribution in [2.24, 2.45) is 10.9 Å². The monoisotopic (exact) mass is 126 g/mol. The summed E-state index contributed by atoms with van der Waals surface area (Å²) in [6, 6.07) is 0. The molecule has 0 aromatic carbocycles. The summed E-state index contributed by atoms with van der Waals surface area (Å²) in [6.07, 6.45) is 5.61. The van der Waals surface area contributed by atoms with E-state index in [-0.39, 0.29) is 0 Å². The van der Waals surface area contributed by atoms with Crippen molar-refractivity contribution >= 4 is 6.34 Å². The Hall–Kier alpha value is -0.790. The smallest absolute Gasteiger partial charge is 0.0859 e. The Kier molecular flexibility index (Phi) is 4.88. The van der Waals surface area contributed by atoms with Gasteiger partial charge in [-0.1, -0.05) is 19.9 Å². The van der Waals surface area contributed by atoms with Gasteiger partial charge in [0.25, 0.3) is 0 Å². The van der Waals surface area contributed by atoms with Gasteiger partial charge in [0, 0.05) is 7.05 Å². The molecule has 0 saturated carbocycles. The first-order chi connectivity index (χ1) is 4.27. The van der Waals surface area contributed by atoms with E-state index in [1.54, 1.807) is 13.4 Å². The van der Waals surface area contributed by atoms with Gasteiger partial charge >= 0.3 is 0 Å². The molecule has 0 aromatic rings. The van der Waals surface area contributed by atoms with Gasteiger partial charge < -0.3 is 5.32 Å². The predicted molar refractivity (Wildman–Crippen MR) is 41.5 cm³/mol. The van der Waals surface area contributed by atoms with E-state index in [1.165, 1.54) is 0 Å². The van der Waals surface area contributed by atoms with Crippen molar-refractivity contribution in [1.29, 1.82) is 0 Å². The molecule has 0 aromatic heterocycles. The average molecular weight is 126 g/mol. The van der Waals surface area contributed by atoms with Gasteiger partial charge in [0.05, 0.1) is 6.34 Å². The Morgan fingerprint density at radius 3 is 2.56 bits per heavy atom. The number of aliphatic imine (C=N–C) groups is 1. The molecule has 0 unspecified atom stereocenters. The quantitative estimate of drug-likeness (QED) is 0.448. The second-order valence-electron chi connectivity index (χ2n) is 2.16. The van der Waals surface area contributed by atoms with Crippen LogP contribution in [0.5, 0.6) is 0 Å². The van der Waals surface area contributed by atoms with Gasteiger partial charge in [-0.05, 0) is 12.1 Å². The van der Waals surface area contributed by atoms with Gasteiger partial charge in [0.1, 0.15) is 0 Å². The molecule has 0 aliphatic carbocycles. The van der Waals surface area contributed by atoms with E-state index >= 15 is 0 Å². The summed E-state index contributed by atoms with van der Waals surface area (Å²) in [5.74, 6) is 0.600. The molecule has 0 heterocycles. The van der Waals surface area contributed by atoms with Gasteiger partial charge in [-0.3, -0.25) is 4.99 Å². The molecule has 0 atom stereocenters. The van der Waals surface area contributed by atoms with Crippen molar-refractivity contribution in [2.45, 2.75) is 13.8 Å². The van der Waals surface area contributed by atoms with Crippen LogP contribution in [0.1, 0.15) is 13.8 Å². The summed E-state index contributed by atoms with van der Waals surface area (Å²) >= 11 is 0. The lowest BCUT2D eigenvalue weighted by Gasteiger charge is -1.91. The van der Waals surface area contributed by atoms with E-state index in [9.17, 15) is 0 Å². The predicted octanol–water partition coefficient (Wildman–Crippen LogP) is 1.40. The van der Waals surface area contributed by atoms with E-state index in [2.05, 4.69) is 30.2 Å². The van der Waals surface area contributed by atoms with E-state index < -0.39 is 0 Å². The normalized spacial score (nSPS) is 12.0. The van der Waals surface area contributed by atoms with Crippen LogP contribution in [0.4, 0.5) is 0 Å². The fourth-order valence-electron chi connectivity index (χ4n) is 0.366. The highest BCUT2D eigenvalue weighted by molar-refractivity contribution is 5.55. The molecule has 0 amide bonds. The Morgan fingerprint density at radius 1 is 1.44 bits per heavy atom. The van der Waals surface area contributed by atoms with E-state index in [0.29, 0.717) is 5.92 Å². The highest BCUT2D eigenvalue weighted by Crippen LogP contribution is 1.90. The third-order valence-electron chi connectivity index (χ3n) is 0.781. The van der Waals surface area contributed by atoms with Gasteiger partial charge in [0.2, 0.25) is 0 Å². The molecule has 2 nitrogen and oxygen atoms in total. The van der Waals surface area contributed by atoms with Crippen LogP contribution in [0.15, 0.2) is 17.3 Å². The molecular weight excluding hydrogens is 112 g/mol. The maximum absolute atomic E-state index is 3.75. The minimum Gasteiger partial charge on any atom is -0.353 e. The standard InChI is InChI=1S/C7H14N2/c1-7(2)4-5-9-6-8-3/h4-7H,1-3H3,(H,8,9)/b5-4-. The molecule has 0 aliphatic rings. The number of hydrogen-bond donors (Lipinski definition) is 1. The molecule has 1 N–H and O–H groups in total. The van der Waals surface area contributed by atoms with Crippen molar-refractivity contribution < 1.29 is 0 Å². The highest BCUT2D eigenvalue weighted by atomic mass is 14.9. The molecule has 0 radical (unpaired) electrons. The van der Waals surface area contributed by atoms with Crippen LogP contribution in [-0.4, -0.2) is 13.4 Å². The van der Waals surface area contributed by atoms with Crippen molar-refractivity contribution in [3.05, 3.63) is 12.3 Å². The number of nitrogens with one attached hydrogen (secondary N) is 1. The molecule has 9 heavy (non-hydrogen) atoms. The zero-order chi connectivity index (χ0) is 7.11. The maximum Gasteiger partial charge on any atom is 0.0859 e. The molecule has 0 bridgehead atoms. The largest absolute Gasteiger partial charge is 0.353 e. The minimum atomic E-state index is 0.600. The van der Waals surface area contributed by atoms with Crippen LogP contribution < -0.4 is 5.32 Å². The summed E-state index contributed by atoms with van der Waals surface area (Å²) in [5, 5.41) is 2.89. The molecule has 0 saturated heterocycles. The van der Waals surface area contributed by atoms with Crippen LogP contribution in [0.3, 0.4) is 0 Å². The third kappa shape index (κ3) is 7.21. The topological polar surface area (TPSA) is 24.4 Å². The first-order valence-electron chi connectivity index (χ1n) is 3.10. The lowest BCUT2D eigenvalue weighted by molar-refractivity contribution is 0.826. The SMILES string of the molecule is CN=CN/C=C\C(C)C. The fourth-order valence-corrected chi connectivity index (χ4v) is 0.366. The van der Waals surface area contributed by atoms with E-state index in [0.717, 1.165) is 0 Å². The fraction of sp³-hybridized carbons (Fsp3) is 0.571.